The number of rotatable bonds is 4. The van der Waals surface area contributed by atoms with Gasteiger partial charge in [0.05, 0.1) is 11.0 Å². The van der Waals surface area contributed by atoms with Crippen LogP contribution in [0.2, 0.25) is 0 Å². The van der Waals surface area contributed by atoms with Gasteiger partial charge in [0.1, 0.15) is 0 Å². The molecule has 7 nitrogen and oxygen atoms in total. The Kier molecular flexibility index (Phi) is 4.79. The van der Waals surface area contributed by atoms with Crippen LogP contribution in [-0.2, 0) is 4.79 Å². The van der Waals surface area contributed by atoms with Gasteiger partial charge in [-0.2, -0.15) is 0 Å². The lowest BCUT2D eigenvalue weighted by atomic mass is 9.96. The Morgan fingerprint density at radius 3 is 2.67 bits per heavy atom. The number of anilines is 1. The average molecular weight is 313 g/mol. The minimum Gasteiger partial charge on any atom is -0.388 e. The number of piperidine rings is 1. The molecule has 0 radical (unpaired) electrons. The summed E-state index contributed by atoms with van der Waals surface area (Å²) in [6.07, 6.45) is 0.642. The molecule has 1 aromatic rings. The third-order valence-electron chi connectivity index (χ3n) is 3.72. The highest BCUT2D eigenvalue weighted by atomic mass is 32.1. The number of hydrogen-bond acceptors (Lipinski definition) is 6. The van der Waals surface area contributed by atoms with Crippen molar-refractivity contribution < 1.29 is 14.8 Å². The molecule has 2 N–H and O–H groups in total. The lowest BCUT2D eigenvalue weighted by Gasteiger charge is -2.31. The second-order valence-corrected chi connectivity index (χ2v) is 6.21. The van der Waals surface area contributed by atoms with Crippen molar-refractivity contribution in [3.8, 4) is 0 Å². The first-order chi connectivity index (χ1) is 9.93. The number of amides is 1. The smallest absolute Gasteiger partial charge is 0.304 e. The number of aliphatic hydroxyl groups is 1. The van der Waals surface area contributed by atoms with E-state index in [0.717, 1.165) is 0 Å². The molecule has 2 heterocycles. The van der Waals surface area contributed by atoms with Crippen molar-refractivity contribution in [2.45, 2.75) is 25.9 Å². The van der Waals surface area contributed by atoms with E-state index >= 15 is 0 Å². The highest BCUT2D eigenvalue weighted by molar-refractivity contribution is 7.16. The van der Waals surface area contributed by atoms with Crippen molar-refractivity contribution in [2.75, 3.05) is 25.0 Å². The number of nitrogens with zero attached hydrogens (tertiary/aromatic N) is 2. The highest BCUT2D eigenvalue weighted by Crippen LogP contribution is 2.41. The van der Waals surface area contributed by atoms with Crippen molar-refractivity contribution in [2.24, 2.45) is 5.92 Å². The van der Waals surface area contributed by atoms with Gasteiger partial charge in [0.2, 0.25) is 5.91 Å². The number of carbonyl (C=O) groups excluding carboxylic acids is 1. The third kappa shape index (κ3) is 3.33. The summed E-state index contributed by atoms with van der Waals surface area (Å²) in [5.41, 5.74) is 0.0364. The van der Waals surface area contributed by atoms with Crippen molar-refractivity contribution in [3.63, 3.8) is 0 Å². The summed E-state index contributed by atoms with van der Waals surface area (Å²) in [7, 11) is 1.62. The van der Waals surface area contributed by atoms with Gasteiger partial charge in [-0.05, 0) is 19.8 Å². The standard InChI is InChI=1S/C13H19N3O4S/c1-8(17)11-7-10(16(19)20)13(21-11)15-5-3-9(4-6-15)12(18)14-2/h7-9,17H,3-6H2,1-2H3,(H,14,18). The molecule has 1 unspecified atom stereocenters. The van der Waals surface area contributed by atoms with E-state index in [0.29, 0.717) is 35.8 Å². The molecule has 0 saturated carbocycles. The van der Waals surface area contributed by atoms with E-state index in [1.165, 1.54) is 17.4 Å². The molecule has 1 aromatic heterocycles. The summed E-state index contributed by atoms with van der Waals surface area (Å²) in [5, 5.41) is 24.0. The monoisotopic (exact) mass is 313 g/mol. The number of nitrogens with one attached hydrogen (secondary N) is 1. The number of aliphatic hydroxyl groups excluding tert-OH is 1. The summed E-state index contributed by atoms with van der Waals surface area (Å²) >= 11 is 1.25. The first kappa shape index (κ1) is 15.7. The van der Waals surface area contributed by atoms with Crippen LogP contribution in [0.4, 0.5) is 10.7 Å². The van der Waals surface area contributed by atoms with E-state index in [2.05, 4.69) is 5.32 Å². The van der Waals surface area contributed by atoms with Crippen LogP contribution in [0.1, 0.15) is 30.7 Å². The van der Waals surface area contributed by atoms with E-state index in [9.17, 15) is 20.0 Å². The summed E-state index contributed by atoms with van der Waals surface area (Å²) in [5.74, 6) is 0.00139. The minimum atomic E-state index is -0.717. The van der Waals surface area contributed by atoms with Crippen LogP contribution >= 0.6 is 11.3 Å². The molecule has 1 saturated heterocycles. The second kappa shape index (κ2) is 6.40. The van der Waals surface area contributed by atoms with Crippen LogP contribution in [0.5, 0.6) is 0 Å². The van der Waals surface area contributed by atoms with E-state index in [4.69, 9.17) is 0 Å². The zero-order valence-electron chi connectivity index (χ0n) is 12.0. The topological polar surface area (TPSA) is 95.7 Å². The number of hydrogen-bond donors (Lipinski definition) is 2. The fraction of sp³-hybridized carbons (Fsp3) is 0.615. The molecule has 1 atom stereocenters. The van der Waals surface area contributed by atoms with Crippen LogP contribution < -0.4 is 10.2 Å². The quantitative estimate of drug-likeness (QED) is 0.651. The normalized spacial score (nSPS) is 17.6. The molecule has 2 rings (SSSR count). The van der Waals surface area contributed by atoms with E-state index in [-0.39, 0.29) is 17.5 Å². The lowest BCUT2D eigenvalue weighted by molar-refractivity contribution is -0.383. The Hall–Kier alpha value is -1.67. The molecule has 0 bridgehead atoms. The van der Waals surface area contributed by atoms with Crippen molar-refractivity contribution >= 4 is 27.9 Å². The summed E-state index contributed by atoms with van der Waals surface area (Å²) in [4.78, 5) is 24.9. The molecule has 1 fully saturated rings. The molecule has 21 heavy (non-hydrogen) atoms. The zero-order chi connectivity index (χ0) is 15.6. The van der Waals surface area contributed by atoms with Gasteiger partial charge in [-0.25, -0.2) is 0 Å². The number of carbonyl (C=O) groups is 1. The molecule has 1 amide bonds. The van der Waals surface area contributed by atoms with Crippen LogP contribution in [0.15, 0.2) is 6.07 Å². The fourth-order valence-electron chi connectivity index (χ4n) is 2.50. The zero-order valence-corrected chi connectivity index (χ0v) is 12.9. The van der Waals surface area contributed by atoms with Crippen LogP contribution in [-0.4, -0.2) is 36.1 Å². The van der Waals surface area contributed by atoms with Gasteiger partial charge in [0, 0.05) is 37.0 Å². The predicted molar refractivity (Wildman–Crippen MR) is 80.6 cm³/mol. The number of nitro groups is 1. The van der Waals surface area contributed by atoms with Crippen molar-refractivity contribution in [3.05, 3.63) is 21.1 Å². The Balaban J connectivity index is 2.16. The minimum absolute atomic E-state index is 0.0264. The van der Waals surface area contributed by atoms with E-state index < -0.39 is 11.0 Å². The largest absolute Gasteiger partial charge is 0.388 e. The van der Waals surface area contributed by atoms with Gasteiger partial charge in [-0.1, -0.05) is 0 Å². The molecule has 116 valence electrons. The van der Waals surface area contributed by atoms with Crippen LogP contribution in [0.3, 0.4) is 0 Å². The summed E-state index contributed by atoms with van der Waals surface area (Å²) < 4.78 is 0. The van der Waals surface area contributed by atoms with Gasteiger partial charge in [-0.3, -0.25) is 14.9 Å². The molecule has 0 aromatic carbocycles. The Bertz CT molecular complexity index is 536. The van der Waals surface area contributed by atoms with Crippen LogP contribution in [0.25, 0.3) is 0 Å². The van der Waals surface area contributed by atoms with Gasteiger partial charge >= 0.3 is 5.69 Å². The summed E-state index contributed by atoms with van der Waals surface area (Å²) in [6.45, 7) is 2.81. The first-order valence-electron chi connectivity index (χ1n) is 6.86. The van der Waals surface area contributed by atoms with Gasteiger partial charge in [-0.15, -0.1) is 11.3 Å². The average Bonchev–Trinajstić information content (AvgIpc) is 2.92. The predicted octanol–water partition coefficient (Wildman–Crippen LogP) is 1.67. The van der Waals surface area contributed by atoms with Gasteiger partial charge in [0.25, 0.3) is 0 Å². The maximum absolute atomic E-state index is 11.6. The van der Waals surface area contributed by atoms with Gasteiger partial charge < -0.3 is 15.3 Å². The van der Waals surface area contributed by atoms with E-state index in [1.807, 2.05) is 4.90 Å². The summed E-state index contributed by atoms with van der Waals surface area (Å²) in [6, 6.07) is 1.44. The molecular weight excluding hydrogens is 294 g/mol. The maximum Gasteiger partial charge on any atom is 0.304 e. The lowest BCUT2D eigenvalue weighted by Crippen LogP contribution is -2.39. The molecule has 0 aliphatic carbocycles. The van der Waals surface area contributed by atoms with Crippen molar-refractivity contribution in [1.29, 1.82) is 0 Å². The molecule has 8 heteroatoms. The molecule has 1 aliphatic rings. The van der Waals surface area contributed by atoms with Gasteiger partial charge in [0.15, 0.2) is 5.00 Å². The molecule has 0 spiro atoms. The third-order valence-corrected chi connectivity index (χ3v) is 5.08. The first-order valence-corrected chi connectivity index (χ1v) is 7.68. The SMILES string of the molecule is CNC(=O)C1CCN(c2sc(C(C)O)cc2[N+](=O)[O-])CC1. The Labute approximate surface area is 126 Å². The fourth-order valence-corrected chi connectivity index (χ4v) is 3.62. The van der Waals surface area contributed by atoms with Crippen molar-refractivity contribution in [1.82, 2.24) is 5.32 Å². The van der Waals surface area contributed by atoms with E-state index in [1.54, 1.807) is 14.0 Å². The van der Waals surface area contributed by atoms with Crippen LogP contribution in [0, 0.1) is 16.0 Å². The molecular formula is C13H19N3O4S. The Morgan fingerprint density at radius 2 is 2.19 bits per heavy atom. The molecule has 1 aliphatic heterocycles. The highest BCUT2D eigenvalue weighted by Gasteiger charge is 2.30. The number of thiophene rings is 1. The second-order valence-electron chi connectivity index (χ2n) is 5.15. The maximum atomic E-state index is 11.6. The Morgan fingerprint density at radius 1 is 1.57 bits per heavy atom.